The van der Waals surface area contributed by atoms with Gasteiger partial charge in [0.2, 0.25) is 0 Å². The van der Waals surface area contributed by atoms with Crippen molar-refractivity contribution < 1.29 is 23.6 Å². The Morgan fingerprint density at radius 3 is 2.64 bits per heavy atom. The number of carbonyl (C=O) groups is 2. The molecule has 0 bridgehead atoms. The van der Waals surface area contributed by atoms with Crippen molar-refractivity contribution in [2.24, 2.45) is 0 Å². The Labute approximate surface area is 128 Å². The fourth-order valence-electron chi connectivity index (χ4n) is 2.28. The number of para-hydroxylation sites is 1. The Balaban J connectivity index is 1.78. The molecule has 6 nitrogen and oxygen atoms in total. The van der Waals surface area contributed by atoms with Gasteiger partial charge in [-0.25, -0.2) is 4.39 Å². The summed E-state index contributed by atoms with van der Waals surface area (Å²) in [7, 11) is 1.76. The number of ether oxygens (including phenoxy) is 1. The first-order valence-electron chi connectivity index (χ1n) is 7.27. The van der Waals surface area contributed by atoms with Gasteiger partial charge in [0.15, 0.2) is 13.1 Å². The number of halogens is 1. The number of benzene rings is 1. The van der Waals surface area contributed by atoms with E-state index in [1.807, 2.05) is 0 Å². The number of likely N-dealkylation sites (N-methyl/N-ethyl adjacent to an activating group) is 1. The smallest absolute Gasteiger partial charge is 0.279 e. The third-order valence-electron chi connectivity index (χ3n) is 3.43. The van der Waals surface area contributed by atoms with Gasteiger partial charge in [0, 0.05) is 13.1 Å². The van der Waals surface area contributed by atoms with Gasteiger partial charge in [-0.15, -0.1) is 0 Å². The van der Waals surface area contributed by atoms with Crippen LogP contribution in [0.2, 0.25) is 0 Å². The predicted molar refractivity (Wildman–Crippen MR) is 79.0 cm³/mol. The molecule has 0 aromatic heterocycles. The molecule has 0 saturated carbocycles. The van der Waals surface area contributed by atoms with E-state index in [2.05, 4.69) is 5.32 Å². The average Bonchev–Trinajstić information content (AvgIpc) is 2.50. The lowest BCUT2D eigenvalue weighted by Crippen LogP contribution is -3.11. The van der Waals surface area contributed by atoms with Gasteiger partial charge < -0.3 is 19.9 Å². The number of carbonyl (C=O) groups excluding carboxylic acids is 2. The van der Waals surface area contributed by atoms with E-state index in [4.69, 9.17) is 4.74 Å². The topological polar surface area (TPSA) is 63.1 Å². The molecule has 1 atom stereocenters. The highest BCUT2D eigenvalue weighted by Crippen LogP contribution is 2.11. The molecule has 1 aromatic carbocycles. The van der Waals surface area contributed by atoms with Crippen LogP contribution >= 0.6 is 0 Å². The van der Waals surface area contributed by atoms with Crippen LogP contribution in [-0.2, 0) is 14.3 Å². The molecule has 2 N–H and O–H groups in total. The van der Waals surface area contributed by atoms with Crippen molar-refractivity contribution in [1.29, 1.82) is 0 Å². The standard InChI is InChI=1S/C15H20FN3O3/c1-18(11-15(21)19-6-8-22-9-7-19)10-14(20)17-13-5-3-2-4-12(13)16/h2-5H,6-11H2,1H3,(H,17,20)/p+1. The number of amides is 2. The Kier molecular flexibility index (Phi) is 5.85. The number of nitrogens with zero attached hydrogens (tertiary/aromatic N) is 1. The molecule has 0 radical (unpaired) electrons. The van der Waals surface area contributed by atoms with E-state index in [0.717, 1.165) is 4.90 Å². The molecule has 120 valence electrons. The average molecular weight is 310 g/mol. The number of rotatable bonds is 5. The van der Waals surface area contributed by atoms with E-state index in [0.29, 0.717) is 26.3 Å². The van der Waals surface area contributed by atoms with Gasteiger partial charge in [0.25, 0.3) is 11.8 Å². The van der Waals surface area contributed by atoms with Gasteiger partial charge in [-0.3, -0.25) is 9.59 Å². The highest BCUT2D eigenvalue weighted by molar-refractivity contribution is 5.91. The molecule has 0 spiro atoms. The second-order valence-corrected chi connectivity index (χ2v) is 5.33. The zero-order chi connectivity index (χ0) is 15.9. The van der Waals surface area contributed by atoms with Gasteiger partial charge in [-0.05, 0) is 12.1 Å². The number of anilines is 1. The lowest BCUT2D eigenvalue weighted by molar-refractivity contribution is -0.862. The molecule has 1 aliphatic rings. The molecule has 22 heavy (non-hydrogen) atoms. The third-order valence-corrected chi connectivity index (χ3v) is 3.43. The minimum absolute atomic E-state index is 0.000471. The van der Waals surface area contributed by atoms with Crippen LogP contribution in [0.1, 0.15) is 0 Å². The van der Waals surface area contributed by atoms with Crippen molar-refractivity contribution in [3.8, 4) is 0 Å². The number of hydrogen-bond acceptors (Lipinski definition) is 3. The second-order valence-electron chi connectivity index (χ2n) is 5.33. The zero-order valence-corrected chi connectivity index (χ0v) is 12.6. The maximum Gasteiger partial charge on any atom is 0.279 e. The summed E-state index contributed by atoms with van der Waals surface area (Å²) in [5, 5.41) is 2.51. The van der Waals surface area contributed by atoms with Crippen molar-refractivity contribution in [3.05, 3.63) is 30.1 Å². The molecule has 1 fully saturated rings. The minimum Gasteiger partial charge on any atom is -0.378 e. The predicted octanol–water partition coefficient (Wildman–Crippen LogP) is -0.862. The summed E-state index contributed by atoms with van der Waals surface area (Å²) in [6.07, 6.45) is 0. The Bertz CT molecular complexity index is 533. The molecule has 2 amide bonds. The summed E-state index contributed by atoms with van der Waals surface area (Å²) in [6.45, 7) is 2.62. The lowest BCUT2D eigenvalue weighted by Gasteiger charge is -2.27. The molecule has 0 aliphatic carbocycles. The van der Waals surface area contributed by atoms with Crippen LogP contribution in [-0.4, -0.2) is 63.2 Å². The first kappa shape index (κ1) is 16.4. The summed E-state index contributed by atoms with van der Waals surface area (Å²) in [4.78, 5) is 26.4. The monoisotopic (exact) mass is 310 g/mol. The van der Waals surface area contributed by atoms with Crippen molar-refractivity contribution in [3.63, 3.8) is 0 Å². The van der Waals surface area contributed by atoms with E-state index in [1.54, 1.807) is 24.1 Å². The first-order chi connectivity index (χ1) is 10.6. The molecule has 1 saturated heterocycles. The summed E-state index contributed by atoms with van der Waals surface area (Å²) in [5.41, 5.74) is 0.153. The largest absolute Gasteiger partial charge is 0.378 e. The van der Waals surface area contributed by atoms with E-state index in [-0.39, 0.29) is 30.6 Å². The van der Waals surface area contributed by atoms with Crippen LogP contribution in [0.3, 0.4) is 0 Å². The number of morpholine rings is 1. The molecular weight excluding hydrogens is 289 g/mol. The highest BCUT2D eigenvalue weighted by atomic mass is 19.1. The van der Waals surface area contributed by atoms with Crippen LogP contribution in [0, 0.1) is 5.82 Å². The van der Waals surface area contributed by atoms with Crippen LogP contribution in [0.15, 0.2) is 24.3 Å². The normalized spacial score (nSPS) is 16.2. The van der Waals surface area contributed by atoms with Crippen molar-refractivity contribution in [2.45, 2.75) is 0 Å². The quantitative estimate of drug-likeness (QED) is 0.744. The second kappa shape index (κ2) is 7.86. The fourth-order valence-corrected chi connectivity index (χ4v) is 2.28. The first-order valence-corrected chi connectivity index (χ1v) is 7.27. The van der Waals surface area contributed by atoms with Crippen LogP contribution < -0.4 is 10.2 Å². The van der Waals surface area contributed by atoms with E-state index in [9.17, 15) is 14.0 Å². The van der Waals surface area contributed by atoms with Crippen molar-refractivity contribution in [1.82, 2.24) is 4.90 Å². The Hall–Kier alpha value is -1.99. The zero-order valence-electron chi connectivity index (χ0n) is 12.6. The van der Waals surface area contributed by atoms with E-state index in [1.165, 1.54) is 12.1 Å². The van der Waals surface area contributed by atoms with Crippen LogP contribution in [0.5, 0.6) is 0 Å². The summed E-state index contributed by atoms with van der Waals surface area (Å²) >= 11 is 0. The molecular formula is C15H21FN3O3+. The molecule has 7 heteroatoms. The summed E-state index contributed by atoms with van der Waals surface area (Å²) in [5.74, 6) is -0.797. The summed E-state index contributed by atoms with van der Waals surface area (Å²) < 4.78 is 18.6. The SMILES string of the molecule is C[NH+](CC(=O)Nc1ccccc1F)CC(=O)N1CCOCC1. The van der Waals surface area contributed by atoms with Crippen molar-refractivity contribution >= 4 is 17.5 Å². The van der Waals surface area contributed by atoms with Gasteiger partial charge >= 0.3 is 0 Å². The van der Waals surface area contributed by atoms with Crippen LogP contribution in [0.25, 0.3) is 0 Å². The Morgan fingerprint density at radius 1 is 1.27 bits per heavy atom. The van der Waals surface area contributed by atoms with Gasteiger partial charge in [-0.2, -0.15) is 0 Å². The van der Waals surface area contributed by atoms with Gasteiger partial charge in [0.05, 0.1) is 25.9 Å². The van der Waals surface area contributed by atoms with Gasteiger partial charge in [-0.1, -0.05) is 12.1 Å². The minimum atomic E-state index is -0.474. The number of nitrogens with one attached hydrogen (secondary N) is 2. The van der Waals surface area contributed by atoms with E-state index < -0.39 is 5.82 Å². The van der Waals surface area contributed by atoms with Crippen molar-refractivity contribution in [2.75, 3.05) is 51.8 Å². The molecule has 1 heterocycles. The summed E-state index contributed by atoms with van der Waals surface area (Å²) in [6, 6.07) is 6.00. The van der Waals surface area contributed by atoms with Gasteiger partial charge in [0.1, 0.15) is 5.82 Å². The molecule has 1 unspecified atom stereocenters. The van der Waals surface area contributed by atoms with Crippen LogP contribution in [0.4, 0.5) is 10.1 Å². The maximum absolute atomic E-state index is 13.4. The fraction of sp³-hybridized carbons (Fsp3) is 0.467. The van der Waals surface area contributed by atoms with E-state index >= 15 is 0 Å². The molecule has 1 aromatic rings. The Morgan fingerprint density at radius 2 is 1.95 bits per heavy atom. The lowest BCUT2D eigenvalue weighted by atomic mass is 10.3. The third kappa shape index (κ3) is 4.78. The molecule has 1 aliphatic heterocycles. The number of quaternary nitrogens is 1. The molecule has 2 rings (SSSR count). The maximum atomic E-state index is 13.4. The number of hydrogen-bond donors (Lipinski definition) is 2. The highest BCUT2D eigenvalue weighted by Gasteiger charge is 2.21.